The normalized spacial score (nSPS) is 13.5. The third-order valence-corrected chi connectivity index (χ3v) is 8.60. The highest BCUT2D eigenvalue weighted by molar-refractivity contribution is 5.99. The van der Waals surface area contributed by atoms with Gasteiger partial charge in [0, 0.05) is 18.4 Å². The molecule has 46 heavy (non-hydrogen) atoms. The Morgan fingerprint density at radius 3 is 1.59 bits per heavy atom. The maximum Gasteiger partial charge on any atom is 0.416 e. The van der Waals surface area contributed by atoms with Crippen molar-refractivity contribution in [3.8, 4) is 22.3 Å². The minimum absolute atomic E-state index is 0.0101. The number of nitrogens with one attached hydrogen (secondary N) is 2. The third kappa shape index (κ3) is 6.07. The first kappa shape index (κ1) is 30.5. The molecule has 234 valence electrons. The molecule has 4 aromatic rings. The number of alkyl carbamates (subject to hydrolysis) is 1. The van der Waals surface area contributed by atoms with Gasteiger partial charge in [-0.25, -0.2) is 14.5 Å². The van der Waals surface area contributed by atoms with Gasteiger partial charge in [0.25, 0.3) is 0 Å². The molecule has 0 fully saturated rings. The number of fused-ring (bicyclic) bond motifs is 6. The number of hydrogen-bond donors (Lipinski definition) is 4. The summed E-state index contributed by atoms with van der Waals surface area (Å²) in [5.74, 6) is -2.09. The van der Waals surface area contributed by atoms with Crippen LogP contribution in [-0.4, -0.2) is 59.9 Å². The van der Waals surface area contributed by atoms with E-state index in [1.54, 1.807) is 0 Å². The quantitative estimate of drug-likeness (QED) is 0.134. The highest BCUT2D eigenvalue weighted by atomic mass is 16.6. The maximum atomic E-state index is 13.4. The van der Waals surface area contributed by atoms with E-state index >= 15 is 0 Å². The Bertz CT molecular complexity index is 1720. The molecule has 0 spiro atoms. The lowest BCUT2D eigenvalue weighted by atomic mass is 9.98. The molecule has 2 amide bonds. The van der Waals surface area contributed by atoms with Gasteiger partial charge in [-0.15, -0.1) is 0 Å². The van der Waals surface area contributed by atoms with E-state index in [1.807, 2.05) is 97.1 Å². The number of carbonyl (C=O) groups is 3. The van der Waals surface area contributed by atoms with Crippen LogP contribution in [-0.2, 0) is 14.3 Å². The van der Waals surface area contributed by atoms with Crippen molar-refractivity contribution in [1.29, 1.82) is 5.41 Å². The van der Waals surface area contributed by atoms with Crippen LogP contribution in [0.25, 0.3) is 22.3 Å². The van der Waals surface area contributed by atoms with Crippen LogP contribution < -0.4 is 11.1 Å². The fourth-order valence-electron chi connectivity index (χ4n) is 6.36. The van der Waals surface area contributed by atoms with Crippen molar-refractivity contribution in [2.45, 2.75) is 30.7 Å². The van der Waals surface area contributed by atoms with Crippen molar-refractivity contribution >= 4 is 24.1 Å². The van der Waals surface area contributed by atoms with Crippen LogP contribution in [0.4, 0.5) is 9.59 Å². The molecule has 0 radical (unpaired) electrons. The van der Waals surface area contributed by atoms with Crippen molar-refractivity contribution in [2.24, 2.45) is 5.73 Å². The Kier molecular flexibility index (Phi) is 8.80. The number of aliphatic carboxylic acids is 1. The SMILES string of the molecule is N=C(NC(=O)OCC1c2ccccc2-c2ccccc21)N(CCCC(N)C(=O)O)C(=O)OCC1c2ccccc2-c2ccccc21. The molecule has 2 aliphatic carbocycles. The Balaban J connectivity index is 1.12. The van der Waals surface area contributed by atoms with Gasteiger partial charge < -0.3 is 20.3 Å². The molecule has 5 N–H and O–H groups in total. The number of benzene rings is 4. The largest absolute Gasteiger partial charge is 0.480 e. The number of nitrogens with zero attached hydrogens (tertiary/aromatic N) is 1. The molecule has 1 unspecified atom stereocenters. The molecule has 0 heterocycles. The average molecular weight is 619 g/mol. The Morgan fingerprint density at radius 1 is 0.739 bits per heavy atom. The third-order valence-electron chi connectivity index (χ3n) is 8.60. The zero-order chi connectivity index (χ0) is 32.2. The summed E-state index contributed by atoms with van der Waals surface area (Å²) in [6, 6.07) is 30.6. The molecule has 2 aliphatic rings. The predicted molar refractivity (Wildman–Crippen MR) is 173 cm³/mol. The first-order valence-electron chi connectivity index (χ1n) is 15.1. The smallest absolute Gasteiger partial charge is 0.416 e. The Hall–Kier alpha value is -5.48. The van der Waals surface area contributed by atoms with Crippen LogP contribution in [0.1, 0.15) is 46.9 Å². The predicted octanol–water partition coefficient (Wildman–Crippen LogP) is 5.90. The minimum atomic E-state index is -1.17. The summed E-state index contributed by atoms with van der Waals surface area (Å²) < 4.78 is 11.3. The van der Waals surface area contributed by atoms with Crippen LogP contribution in [0, 0.1) is 5.41 Å². The minimum Gasteiger partial charge on any atom is -0.480 e. The number of ether oxygens (including phenoxy) is 2. The molecule has 0 aromatic heterocycles. The monoisotopic (exact) mass is 618 g/mol. The lowest BCUT2D eigenvalue weighted by Crippen LogP contribution is -2.48. The van der Waals surface area contributed by atoms with Crippen LogP contribution >= 0.6 is 0 Å². The van der Waals surface area contributed by atoms with Gasteiger partial charge in [0.05, 0.1) is 0 Å². The number of carboxylic acid groups (broad SMARTS) is 1. The Labute approximate surface area is 266 Å². The molecule has 0 bridgehead atoms. The van der Waals surface area contributed by atoms with Gasteiger partial charge in [-0.2, -0.15) is 0 Å². The molecule has 10 heteroatoms. The summed E-state index contributed by atoms with van der Waals surface area (Å²) in [6.07, 6.45) is -1.53. The molecular formula is C36H34N4O6. The van der Waals surface area contributed by atoms with Crippen molar-refractivity contribution in [3.63, 3.8) is 0 Å². The van der Waals surface area contributed by atoms with Gasteiger partial charge in [-0.05, 0) is 57.3 Å². The second kappa shape index (κ2) is 13.3. The van der Waals surface area contributed by atoms with E-state index in [1.165, 1.54) is 0 Å². The van der Waals surface area contributed by atoms with Crippen LogP contribution in [0.5, 0.6) is 0 Å². The first-order valence-corrected chi connectivity index (χ1v) is 15.1. The highest BCUT2D eigenvalue weighted by Gasteiger charge is 2.32. The Morgan fingerprint density at radius 2 is 1.15 bits per heavy atom. The van der Waals surface area contributed by atoms with E-state index in [2.05, 4.69) is 5.32 Å². The zero-order valence-corrected chi connectivity index (χ0v) is 25.0. The number of carboxylic acids is 1. The van der Waals surface area contributed by atoms with Crippen LogP contribution in [0.3, 0.4) is 0 Å². The lowest BCUT2D eigenvalue weighted by molar-refractivity contribution is -0.138. The van der Waals surface area contributed by atoms with E-state index in [9.17, 15) is 19.5 Å². The number of nitrogens with two attached hydrogens (primary N) is 1. The van der Waals surface area contributed by atoms with Crippen molar-refractivity contribution in [1.82, 2.24) is 10.2 Å². The van der Waals surface area contributed by atoms with Gasteiger partial charge in [-0.3, -0.25) is 15.5 Å². The van der Waals surface area contributed by atoms with E-state index in [0.29, 0.717) is 0 Å². The summed E-state index contributed by atoms with van der Waals surface area (Å²) in [7, 11) is 0. The van der Waals surface area contributed by atoms with Crippen molar-refractivity contribution < 1.29 is 29.0 Å². The summed E-state index contributed by atoms with van der Waals surface area (Å²) in [4.78, 5) is 38.5. The molecule has 1 atom stereocenters. The van der Waals surface area contributed by atoms with E-state index < -0.39 is 30.2 Å². The van der Waals surface area contributed by atoms with Gasteiger partial charge >= 0.3 is 18.2 Å². The molecule has 0 saturated carbocycles. The van der Waals surface area contributed by atoms with E-state index in [0.717, 1.165) is 49.4 Å². The second-order valence-electron chi connectivity index (χ2n) is 11.3. The summed E-state index contributed by atoms with van der Waals surface area (Å²) >= 11 is 0. The van der Waals surface area contributed by atoms with Gasteiger partial charge in [0.1, 0.15) is 19.3 Å². The fraction of sp³-hybridized carbons (Fsp3) is 0.222. The summed E-state index contributed by atoms with van der Waals surface area (Å²) in [5.41, 5.74) is 14.1. The maximum absolute atomic E-state index is 13.4. The topological polar surface area (TPSA) is 155 Å². The molecule has 6 rings (SSSR count). The van der Waals surface area contributed by atoms with Crippen molar-refractivity contribution in [3.05, 3.63) is 119 Å². The summed E-state index contributed by atoms with van der Waals surface area (Å²) in [5, 5.41) is 20.1. The fourth-order valence-corrected chi connectivity index (χ4v) is 6.36. The molecule has 10 nitrogen and oxygen atoms in total. The van der Waals surface area contributed by atoms with Crippen LogP contribution in [0.15, 0.2) is 97.1 Å². The number of hydrogen-bond acceptors (Lipinski definition) is 7. The van der Waals surface area contributed by atoms with Gasteiger partial charge in [0.15, 0.2) is 0 Å². The van der Waals surface area contributed by atoms with Crippen LogP contribution in [0.2, 0.25) is 0 Å². The molecule has 4 aromatic carbocycles. The van der Waals surface area contributed by atoms with Gasteiger partial charge in [0.2, 0.25) is 5.96 Å². The highest BCUT2D eigenvalue weighted by Crippen LogP contribution is 2.45. The molecule has 0 aliphatic heterocycles. The number of carbonyl (C=O) groups excluding carboxylic acids is 2. The first-order chi connectivity index (χ1) is 22.3. The van der Waals surface area contributed by atoms with Crippen molar-refractivity contribution in [2.75, 3.05) is 19.8 Å². The summed E-state index contributed by atoms with van der Waals surface area (Å²) in [6.45, 7) is -0.0537. The standard InChI is InChI=1S/C36H34N4O6/c37-32(33(41)42)18-9-19-40(36(44)46-21-31-28-16-7-3-12-24(28)25-13-4-8-17-29(25)31)34(38)39-35(43)45-20-30-26-14-5-1-10-22(26)23-11-2-6-15-27(23)30/h1-8,10-17,30-32H,9,18-21,37H2,(H,41,42)(H2,38,39,43). The van der Waals surface area contributed by atoms with Gasteiger partial charge in [-0.1, -0.05) is 97.1 Å². The number of rotatable bonds is 9. The second-order valence-corrected chi connectivity index (χ2v) is 11.3. The van der Waals surface area contributed by atoms with E-state index in [4.69, 9.17) is 20.6 Å². The average Bonchev–Trinajstić information content (AvgIpc) is 3.57. The molecule has 0 saturated heterocycles. The lowest BCUT2D eigenvalue weighted by Gasteiger charge is -2.24. The zero-order valence-electron chi connectivity index (χ0n) is 25.0. The molecular weight excluding hydrogens is 584 g/mol. The van der Waals surface area contributed by atoms with E-state index in [-0.39, 0.29) is 44.4 Å². The number of amides is 2. The number of guanidine groups is 1.